The molecule has 32 heavy (non-hydrogen) atoms. The minimum atomic E-state index is -0.449. The van der Waals surface area contributed by atoms with E-state index in [1.165, 1.54) is 11.6 Å². The maximum absolute atomic E-state index is 13.5. The van der Waals surface area contributed by atoms with Crippen LogP contribution in [0.1, 0.15) is 31.2 Å². The molecule has 0 fully saturated rings. The highest BCUT2D eigenvalue weighted by molar-refractivity contribution is 6.30. The first-order valence-electron chi connectivity index (χ1n) is 10.5. The number of hydrogen-bond acceptors (Lipinski definition) is 3. The van der Waals surface area contributed by atoms with Crippen LogP contribution in [0.2, 0.25) is 5.02 Å². The lowest BCUT2D eigenvalue weighted by molar-refractivity contribution is -0.00707. The lowest BCUT2D eigenvalue weighted by Gasteiger charge is -2.39. The number of hydrogen-bond donors (Lipinski definition) is 0. The Morgan fingerprint density at radius 2 is 1.62 bits per heavy atom. The van der Waals surface area contributed by atoms with Crippen molar-refractivity contribution in [3.05, 3.63) is 91.7 Å². The van der Waals surface area contributed by atoms with Crippen molar-refractivity contribution in [1.82, 2.24) is 13.7 Å². The summed E-state index contributed by atoms with van der Waals surface area (Å²) in [6.07, 6.45) is -0.412. The molecule has 7 heteroatoms. The molecular formula is C25H24ClN3O3. The van der Waals surface area contributed by atoms with Crippen molar-refractivity contribution in [2.24, 2.45) is 14.1 Å². The van der Waals surface area contributed by atoms with Crippen LogP contribution >= 0.6 is 11.6 Å². The smallest absolute Gasteiger partial charge is 0.331 e. The molecule has 4 aromatic rings. The average molecular weight is 450 g/mol. The quantitative estimate of drug-likeness (QED) is 0.460. The Bertz CT molecular complexity index is 1460. The van der Waals surface area contributed by atoms with Gasteiger partial charge in [0.05, 0.1) is 34.4 Å². The first-order valence-corrected chi connectivity index (χ1v) is 10.9. The number of halogens is 1. The second-order valence-corrected chi connectivity index (χ2v) is 9.36. The number of benzene rings is 2. The minimum absolute atomic E-state index is 0.322. The topological polar surface area (TPSA) is 58.2 Å². The summed E-state index contributed by atoms with van der Waals surface area (Å²) in [4.78, 5) is 26.4. The zero-order valence-corrected chi connectivity index (χ0v) is 19.2. The van der Waals surface area contributed by atoms with E-state index in [4.69, 9.17) is 16.3 Å². The molecule has 0 saturated carbocycles. The van der Waals surface area contributed by atoms with E-state index >= 15 is 0 Å². The van der Waals surface area contributed by atoms with E-state index in [9.17, 15) is 9.59 Å². The normalized spacial score (nSPS) is 17.5. The highest BCUT2D eigenvalue weighted by Crippen LogP contribution is 2.45. The Morgan fingerprint density at radius 1 is 0.969 bits per heavy atom. The van der Waals surface area contributed by atoms with E-state index in [-0.39, 0.29) is 11.2 Å². The molecule has 2 aromatic carbocycles. The monoisotopic (exact) mass is 449 g/mol. The van der Waals surface area contributed by atoms with Crippen LogP contribution in [0.5, 0.6) is 0 Å². The number of nitrogens with zero attached hydrogens (tertiary/aromatic N) is 3. The lowest BCUT2D eigenvalue weighted by atomic mass is 9.98. The van der Waals surface area contributed by atoms with Gasteiger partial charge in [0.1, 0.15) is 6.10 Å². The maximum atomic E-state index is 13.5. The van der Waals surface area contributed by atoms with Crippen molar-refractivity contribution in [2.75, 3.05) is 6.61 Å². The number of aryl methyl sites for hydroxylation is 1. The third kappa shape index (κ3) is 2.90. The van der Waals surface area contributed by atoms with Crippen molar-refractivity contribution < 1.29 is 4.74 Å². The Hall–Kier alpha value is -3.09. The molecule has 6 nitrogen and oxygen atoms in total. The number of rotatable bonds is 2. The second kappa shape index (κ2) is 7.22. The molecule has 0 aliphatic carbocycles. The highest BCUT2D eigenvalue weighted by atomic mass is 35.5. The zero-order chi connectivity index (χ0) is 22.8. The van der Waals surface area contributed by atoms with Gasteiger partial charge in [0.15, 0.2) is 0 Å². The fourth-order valence-electron chi connectivity index (χ4n) is 4.76. The highest BCUT2D eigenvalue weighted by Gasteiger charge is 2.40. The molecule has 0 radical (unpaired) electrons. The number of ether oxygens (including phenoxy) is 1. The van der Waals surface area contributed by atoms with E-state index < -0.39 is 11.6 Å². The first kappa shape index (κ1) is 20.8. The van der Waals surface area contributed by atoms with Gasteiger partial charge in [-0.05, 0) is 37.1 Å². The third-order valence-corrected chi connectivity index (χ3v) is 6.54. The Morgan fingerprint density at radius 3 is 2.28 bits per heavy atom. The summed E-state index contributed by atoms with van der Waals surface area (Å²) in [5.41, 5.74) is 2.88. The summed E-state index contributed by atoms with van der Waals surface area (Å²) in [7, 11) is 3.23. The van der Waals surface area contributed by atoms with Crippen molar-refractivity contribution in [2.45, 2.75) is 25.5 Å². The van der Waals surface area contributed by atoms with Crippen LogP contribution in [-0.2, 0) is 24.4 Å². The molecule has 0 bridgehead atoms. The van der Waals surface area contributed by atoms with Crippen molar-refractivity contribution in [3.63, 3.8) is 0 Å². The summed E-state index contributed by atoms with van der Waals surface area (Å²) < 4.78 is 11.3. The molecule has 3 heterocycles. The van der Waals surface area contributed by atoms with Crippen LogP contribution in [0.4, 0.5) is 0 Å². The molecule has 1 atom stereocenters. The standard InChI is InChI=1S/C25H24ClN3O3/c1-25(2)14-32-22(16-8-6-5-7-9-16)21-20-18(23(30)28(4)24(31)27(20)3)19(29(21)25)15-10-12-17(26)13-11-15/h5-13,22H,14H2,1-4H3. The molecule has 2 aromatic heterocycles. The molecule has 1 aliphatic heterocycles. The summed E-state index contributed by atoms with van der Waals surface area (Å²) in [6, 6.07) is 17.4. The van der Waals surface area contributed by atoms with Crippen molar-refractivity contribution in [3.8, 4) is 11.3 Å². The number of aromatic nitrogens is 3. The fourth-order valence-corrected chi connectivity index (χ4v) is 4.89. The SMILES string of the molecule is Cn1c(=O)c2c(-c3ccc(Cl)cc3)n3c(c2n(C)c1=O)C(c1ccccc1)OCC3(C)C. The van der Waals surface area contributed by atoms with E-state index in [2.05, 4.69) is 18.4 Å². The van der Waals surface area contributed by atoms with Crippen LogP contribution in [0.3, 0.4) is 0 Å². The lowest BCUT2D eigenvalue weighted by Crippen LogP contribution is -2.40. The molecule has 0 saturated heterocycles. The van der Waals surface area contributed by atoms with Gasteiger partial charge < -0.3 is 9.30 Å². The Balaban J connectivity index is 2.02. The van der Waals surface area contributed by atoms with Gasteiger partial charge in [-0.3, -0.25) is 13.9 Å². The predicted octanol–water partition coefficient (Wildman–Crippen LogP) is 4.21. The van der Waals surface area contributed by atoms with Gasteiger partial charge in [-0.1, -0.05) is 54.1 Å². The van der Waals surface area contributed by atoms with Crippen LogP contribution in [0.15, 0.2) is 64.2 Å². The number of fused-ring (bicyclic) bond motifs is 3. The molecule has 0 amide bonds. The summed E-state index contributed by atoms with van der Waals surface area (Å²) in [5, 5.41) is 1.12. The summed E-state index contributed by atoms with van der Waals surface area (Å²) >= 11 is 6.16. The van der Waals surface area contributed by atoms with Gasteiger partial charge in [-0.2, -0.15) is 0 Å². The van der Waals surface area contributed by atoms with Crippen LogP contribution in [-0.4, -0.2) is 20.3 Å². The average Bonchev–Trinajstić information content (AvgIpc) is 3.15. The van der Waals surface area contributed by atoms with Gasteiger partial charge in [0, 0.05) is 19.1 Å². The van der Waals surface area contributed by atoms with Crippen molar-refractivity contribution in [1.29, 1.82) is 0 Å². The zero-order valence-electron chi connectivity index (χ0n) is 18.4. The summed E-state index contributed by atoms with van der Waals surface area (Å²) in [5.74, 6) is 0. The van der Waals surface area contributed by atoms with Gasteiger partial charge in [0.25, 0.3) is 5.56 Å². The van der Waals surface area contributed by atoms with E-state index in [1.54, 1.807) is 11.6 Å². The van der Waals surface area contributed by atoms with E-state index in [1.807, 2.05) is 54.6 Å². The predicted molar refractivity (Wildman–Crippen MR) is 126 cm³/mol. The largest absolute Gasteiger partial charge is 0.365 e. The Kier molecular flexibility index (Phi) is 4.69. The molecule has 164 valence electrons. The Labute approximate surface area is 190 Å². The first-order chi connectivity index (χ1) is 15.2. The van der Waals surface area contributed by atoms with Gasteiger partial charge in [-0.25, -0.2) is 4.79 Å². The van der Waals surface area contributed by atoms with Gasteiger partial charge in [0.2, 0.25) is 0 Å². The fraction of sp³-hybridized carbons (Fsp3) is 0.280. The van der Waals surface area contributed by atoms with Gasteiger partial charge in [-0.15, -0.1) is 0 Å². The van der Waals surface area contributed by atoms with Crippen LogP contribution < -0.4 is 11.2 Å². The summed E-state index contributed by atoms with van der Waals surface area (Å²) in [6.45, 7) is 4.62. The molecule has 5 rings (SSSR count). The molecule has 0 spiro atoms. The van der Waals surface area contributed by atoms with E-state index in [0.717, 1.165) is 22.5 Å². The third-order valence-electron chi connectivity index (χ3n) is 6.29. The molecule has 0 N–H and O–H groups in total. The molecule has 1 aliphatic rings. The second-order valence-electron chi connectivity index (χ2n) is 8.92. The van der Waals surface area contributed by atoms with Crippen molar-refractivity contribution >= 4 is 22.5 Å². The van der Waals surface area contributed by atoms with E-state index in [0.29, 0.717) is 22.5 Å². The van der Waals surface area contributed by atoms with Crippen LogP contribution in [0.25, 0.3) is 22.2 Å². The molecular weight excluding hydrogens is 426 g/mol. The minimum Gasteiger partial charge on any atom is -0.365 e. The maximum Gasteiger partial charge on any atom is 0.331 e. The van der Waals surface area contributed by atoms with Crippen LogP contribution in [0, 0.1) is 0 Å². The molecule has 1 unspecified atom stereocenters. The van der Waals surface area contributed by atoms with Gasteiger partial charge >= 0.3 is 5.69 Å².